The van der Waals surface area contributed by atoms with E-state index in [2.05, 4.69) is 31.2 Å². The first-order chi connectivity index (χ1) is 5.71. The van der Waals surface area contributed by atoms with Gasteiger partial charge >= 0.3 is 0 Å². The average molecular weight is 161 g/mol. The average Bonchev–Trinajstić information content (AvgIpc) is 2.04. The highest BCUT2D eigenvalue weighted by atomic mass is 14.8. The van der Waals surface area contributed by atoms with E-state index in [1.165, 1.54) is 5.56 Å². The van der Waals surface area contributed by atoms with Gasteiger partial charge < -0.3 is 5.73 Å². The lowest BCUT2D eigenvalue weighted by molar-refractivity contribution is 0.164. The maximum absolute atomic E-state index is 6.21. The lowest BCUT2D eigenvalue weighted by Gasteiger charge is -2.44. The van der Waals surface area contributed by atoms with Gasteiger partial charge in [-0.2, -0.15) is 0 Å². The first-order valence-corrected chi connectivity index (χ1v) is 4.55. The van der Waals surface area contributed by atoms with Crippen LogP contribution >= 0.6 is 0 Å². The molecular formula is C11H15N. The maximum Gasteiger partial charge on any atom is 0.0414 e. The van der Waals surface area contributed by atoms with Gasteiger partial charge in [-0.25, -0.2) is 0 Å². The monoisotopic (exact) mass is 161 g/mol. The van der Waals surface area contributed by atoms with Crippen molar-refractivity contribution >= 4 is 0 Å². The van der Waals surface area contributed by atoms with Crippen LogP contribution in [0.3, 0.4) is 0 Å². The van der Waals surface area contributed by atoms with Crippen LogP contribution in [0, 0.1) is 5.92 Å². The van der Waals surface area contributed by atoms with Crippen LogP contribution < -0.4 is 5.73 Å². The fraction of sp³-hybridized carbons (Fsp3) is 0.455. The summed E-state index contributed by atoms with van der Waals surface area (Å²) in [5, 5.41) is 0. The largest absolute Gasteiger partial charge is 0.321 e. The van der Waals surface area contributed by atoms with Gasteiger partial charge in [0.1, 0.15) is 0 Å². The molecule has 0 bridgehead atoms. The lowest BCUT2D eigenvalue weighted by Crippen LogP contribution is -2.47. The molecule has 1 aromatic carbocycles. The van der Waals surface area contributed by atoms with Crippen LogP contribution in [-0.4, -0.2) is 0 Å². The summed E-state index contributed by atoms with van der Waals surface area (Å²) in [5.74, 6) is 0.801. The Hall–Kier alpha value is -0.820. The van der Waals surface area contributed by atoms with Crippen LogP contribution in [0.5, 0.6) is 0 Å². The standard InChI is InChI=1S/C11H15N/c1-9-7-11(12,8-9)10-5-3-2-4-6-10/h2-6,9H,7-8,12H2,1H3. The van der Waals surface area contributed by atoms with Gasteiger partial charge in [-0.05, 0) is 24.3 Å². The van der Waals surface area contributed by atoms with Gasteiger partial charge in [-0.1, -0.05) is 37.3 Å². The zero-order valence-corrected chi connectivity index (χ0v) is 7.46. The summed E-state index contributed by atoms with van der Waals surface area (Å²) >= 11 is 0. The van der Waals surface area contributed by atoms with Crippen LogP contribution in [0.4, 0.5) is 0 Å². The van der Waals surface area contributed by atoms with Crippen LogP contribution in [0.1, 0.15) is 25.3 Å². The molecule has 0 amide bonds. The highest BCUT2D eigenvalue weighted by molar-refractivity contribution is 5.26. The van der Waals surface area contributed by atoms with Crippen molar-refractivity contribution in [2.75, 3.05) is 0 Å². The predicted molar refractivity (Wildman–Crippen MR) is 50.7 cm³/mol. The fourth-order valence-electron chi connectivity index (χ4n) is 2.19. The van der Waals surface area contributed by atoms with E-state index in [-0.39, 0.29) is 5.54 Å². The number of benzene rings is 1. The Morgan fingerprint density at radius 3 is 2.33 bits per heavy atom. The molecule has 64 valence electrons. The highest BCUT2D eigenvalue weighted by Crippen LogP contribution is 2.42. The van der Waals surface area contributed by atoms with E-state index >= 15 is 0 Å². The minimum absolute atomic E-state index is 0.0132. The van der Waals surface area contributed by atoms with E-state index in [4.69, 9.17) is 5.73 Å². The van der Waals surface area contributed by atoms with Crippen molar-refractivity contribution < 1.29 is 0 Å². The van der Waals surface area contributed by atoms with Gasteiger partial charge in [-0.3, -0.25) is 0 Å². The van der Waals surface area contributed by atoms with E-state index in [9.17, 15) is 0 Å². The summed E-state index contributed by atoms with van der Waals surface area (Å²) < 4.78 is 0. The molecule has 0 heterocycles. The Balaban J connectivity index is 2.21. The Morgan fingerprint density at radius 1 is 1.25 bits per heavy atom. The summed E-state index contributed by atoms with van der Waals surface area (Å²) in [6.45, 7) is 2.26. The van der Waals surface area contributed by atoms with Crippen LogP contribution in [0.25, 0.3) is 0 Å². The molecule has 1 aliphatic rings. The van der Waals surface area contributed by atoms with Gasteiger partial charge in [0.2, 0.25) is 0 Å². The molecule has 0 radical (unpaired) electrons. The molecule has 12 heavy (non-hydrogen) atoms. The lowest BCUT2D eigenvalue weighted by atomic mass is 9.66. The third kappa shape index (κ3) is 1.14. The maximum atomic E-state index is 6.21. The third-order valence-corrected chi connectivity index (χ3v) is 2.77. The molecule has 1 nitrogen and oxygen atoms in total. The highest BCUT2D eigenvalue weighted by Gasteiger charge is 2.39. The zero-order chi connectivity index (χ0) is 8.60. The van der Waals surface area contributed by atoms with Crippen molar-refractivity contribution in [1.29, 1.82) is 0 Å². The molecule has 0 saturated heterocycles. The molecule has 0 aromatic heterocycles. The van der Waals surface area contributed by atoms with Crippen molar-refractivity contribution in [1.82, 2.24) is 0 Å². The Bertz CT molecular complexity index is 260. The number of hydrogen-bond donors (Lipinski definition) is 1. The second-order valence-electron chi connectivity index (χ2n) is 4.04. The van der Waals surface area contributed by atoms with Gasteiger partial charge in [0.25, 0.3) is 0 Å². The van der Waals surface area contributed by atoms with Gasteiger partial charge in [-0.15, -0.1) is 0 Å². The van der Waals surface area contributed by atoms with Crippen molar-refractivity contribution in [2.45, 2.75) is 25.3 Å². The Morgan fingerprint density at radius 2 is 1.83 bits per heavy atom. The van der Waals surface area contributed by atoms with Gasteiger partial charge in [0.15, 0.2) is 0 Å². The summed E-state index contributed by atoms with van der Waals surface area (Å²) in [6, 6.07) is 10.4. The van der Waals surface area contributed by atoms with Crippen LogP contribution in [-0.2, 0) is 5.54 Å². The van der Waals surface area contributed by atoms with E-state index in [0.717, 1.165) is 18.8 Å². The normalized spacial score (nSPS) is 34.3. The van der Waals surface area contributed by atoms with Crippen molar-refractivity contribution in [3.05, 3.63) is 35.9 Å². The molecule has 0 atom stereocenters. The molecule has 1 aliphatic carbocycles. The molecule has 1 aromatic rings. The minimum atomic E-state index is -0.0132. The molecule has 1 fully saturated rings. The summed E-state index contributed by atoms with van der Waals surface area (Å²) in [7, 11) is 0. The second kappa shape index (κ2) is 2.60. The summed E-state index contributed by atoms with van der Waals surface area (Å²) in [4.78, 5) is 0. The minimum Gasteiger partial charge on any atom is -0.321 e. The van der Waals surface area contributed by atoms with E-state index < -0.39 is 0 Å². The molecule has 0 aliphatic heterocycles. The van der Waals surface area contributed by atoms with Gasteiger partial charge in [0.05, 0.1) is 0 Å². The van der Waals surface area contributed by atoms with Crippen molar-refractivity contribution in [3.63, 3.8) is 0 Å². The van der Waals surface area contributed by atoms with Crippen molar-refractivity contribution in [3.8, 4) is 0 Å². The summed E-state index contributed by atoms with van der Waals surface area (Å²) in [5.41, 5.74) is 7.50. The zero-order valence-electron chi connectivity index (χ0n) is 7.46. The molecule has 2 rings (SSSR count). The Kier molecular flexibility index (Phi) is 1.69. The van der Waals surface area contributed by atoms with Crippen LogP contribution in [0.2, 0.25) is 0 Å². The van der Waals surface area contributed by atoms with E-state index in [0.29, 0.717) is 0 Å². The number of nitrogens with two attached hydrogens (primary N) is 1. The first kappa shape index (κ1) is 7.81. The smallest absolute Gasteiger partial charge is 0.0414 e. The molecule has 1 heteroatoms. The molecular weight excluding hydrogens is 146 g/mol. The quantitative estimate of drug-likeness (QED) is 0.671. The second-order valence-corrected chi connectivity index (χ2v) is 4.04. The topological polar surface area (TPSA) is 26.0 Å². The molecule has 2 N–H and O–H groups in total. The number of hydrogen-bond acceptors (Lipinski definition) is 1. The Labute approximate surface area is 73.6 Å². The van der Waals surface area contributed by atoms with E-state index in [1.54, 1.807) is 0 Å². The van der Waals surface area contributed by atoms with Crippen molar-refractivity contribution in [2.24, 2.45) is 11.7 Å². The summed E-state index contributed by atoms with van der Waals surface area (Å²) in [6.07, 6.45) is 2.27. The molecule has 0 spiro atoms. The van der Waals surface area contributed by atoms with Gasteiger partial charge in [0, 0.05) is 5.54 Å². The number of rotatable bonds is 1. The van der Waals surface area contributed by atoms with Crippen LogP contribution in [0.15, 0.2) is 30.3 Å². The van der Waals surface area contributed by atoms with E-state index in [1.807, 2.05) is 6.07 Å². The third-order valence-electron chi connectivity index (χ3n) is 2.77. The predicted octanol–water partition coefficient (Wildman–Crippen LogP) is 2.27. The molecule has 1 saturated carbocycles. The fourth-order valence-corrected chi connectivity index (χ4v) is 2.19. The first-order valence-electron chi connectivity index (χ1n) is 4.55. The molecule has 0 unspecified atom stereocenters. The SMILES string of the molecule is CC1CC(N)(c2ccccc2)C1.